The van der Waals surface area contributed by atoms with Gasteiger partial charge in [0.1, 0.15) is 5.75 Å². The third-order valence-corrected chi connectivity index (χ3v) is 7.52. The lowest BCUT2D eigenvalue weighted by atomic mass is 9.74. The highest BCUT2D eigenvalue weighted by Crippen LogP contribution is 2.47. The molecule has 0 bridgehead atoms. The highest BCUT2D eigenvalue weighted by atomic mass is 16.5. The van der Waals surface area contributed by atoms with E-state index in [2.05, 4.69) is 66.7 Å². The molecule has 5 aromatic carbocycles. The predicted molar refractivity (Wildman–Crippen MR) is 145 cm³/mol. The van der Waals surface area contributed by atoms with Crippen molar-refractivity contribution < 1.29 is 9.53 Å². The van der Waals surface area contributed by atoms with Gasteiger partial charge in [0.15, 0.2) is 5.60 Å². The second kappa shape index (κ2) is 8.07. The molecule has 0 saturated heterocycles. The average Bonchev–Trinajstić information content (AvgIpc) is 2.96. The number of benzene rings is 5. The van der Waals surface area contributed by atoms with Crippen LogP contribution in [0.5, 0.6) is 5.75 Å². The van der Waals surface area contributed by atoms with Gasteiger partial charge >= 0.3 is 0 Å². The number of rotatable bonds is 2. The topological polar surface area (TPSA) is 26.3 Å². The Morgan fingerprint density at radius 1 is 0.611 bits per heavy atom. The van der Waals surface area contributed by atoms with Gasteiger partial charge in [-0.1, -0.05) is 109 Å². The standard InChI is InChI=1S/C34H24O2/c35-33-29-18-10-8-16-27(29)31(24-13-5-2-6-14-24)22-34(33)20-19-25-21-30(23-11-3-1-4-12-23)26-15-7-9-17-28(26)32(25)36-34/h1-18,21-22H,19-20H2. The van der Waals surface area contributed by atoms with Gasteiger partial charge in [-0.15, -0.1) is 0 Å². The molecule has 7 rings (SSSR count). The summed E-state index contributed by atoms with van der Waals surface area (Å²) in [5.41, 5.74) is 6.36. The van der Waals surface area contributed by atoms with Gasteiger partial charge in [-0.25, -0.2) is 0 Å². The second-order valence-electron chi connectivity index (χ2n) is 9.61. The van der Waals surface area contributed by atoms with Gasteiger partial charge in [0.05, 0.1) is 0 Å². The van der Waals surface area contributed by atoms with Crippen LogP contribution in [-0.4, -0.2) is 11.4 Å². The number of carbonyl (C=O) groups excluding carboxylic acids is 1. The van der Waals surface area contributed by atoms with Gasteiger partial charge < -0.3 is 4.74 Å². The molecule has 0 fully saturated rings. The Hall–Kier alpha value is -4.43. The zero-order valence-electron chi connectivity index (χ0n) is 19.8. The summed E-state index contributed by atoms with van der Waals surface area (Å²) in [4.78, 5) is 14.0. The third-order valence-electron chi connectivity index (χ3n) is 7.52. The molecule has 0 aromatic heterocycles. The smallest absolute Gasteiger partial charge is 0.211 e. The first-order chi connectivity index (χ1) is 17.7. The molecule has 0 amide bonds. The van der Waals surface area contributed by atoms with Crippen molar-refractivity contribution >= 4 is 22.1 Å². The number of ketones is 1. The lowest BCUT2D eigenvalue weighted by Gasteiger charge is -2.39. The third kappa shape index (κ3) is 3.15. The Kier molecular flexibility index (Phi) is 4.68. The van der Waals surface area contributed by atoms with Gasteiger partial charge in [0, 0.05) is 17.4 Å². The van der Waals surface area contributed by atoms with Crippen molar-refractivity contribution in [3.8, 4) is 16.9 Å². The summed E-state index contributed by atoms with van der Waals surface area (Å²) in [6, 6.07) is 39.3. The maximum absolute atomic E-state index is 14.0. The minimum absolute atomic E-state index is 0.0413. The summed E-state index contributed by atoms with van der Waals surface area (Å²) >= 11 is 0. The van der Waals surface area contributed by atoms with Crippen LogP contribution >= 0.6 is 0 Å². The number of fused-ring (bicyclic) bond motifs is 4. The van der Waals surface area contributed by atoms with Crippen LogP contribution in [0.25, 0.3) is 27.5 Å². The molecular weight excluding hydrogens is 440 g/mol. The summed E-state index contributed by atoms with van der Waals surface area (Å²) in [6.07, 6.45) is 3.46. The molecule has 1 unspecified atom stereocenters. The Bertz CT molecular complexity index is 1660. The van der Waals surface area contributed by atoms with Crippen molar-refractivity contribution in [2.24, 2.45) is 0 Å². The maximum atomic E-state index is 14.0. The summed E-state index contributed by atoms with van der Waals surface area (Å²) in [5.74, 6) is 0.868. The Morgan fingerprint density at radius 3 is 1.97 bits per heavy atom. The fourth-order valence-electron chi connectivity index (χ4n) is 5.76. The molecule has 2 aliphatic rings. The van der Waals surface area contributed by atoms with Crippen molar-refractivity contribution in [3.63, 3.8) is 0 Å². The number of hydrogen-bond donors (Lipinski definition) is 0. The van der Waals surface area contributed by atoms with E-state index in [1.54, 1.807) is 0 Å². The van der Waals surface area contributed by atoms with Crippen LogP contribution in [0.4, 0.5) is 0 Å². The van der Waals surface area contributed by atoms with Crippen LogP contribution in [0, 0.1) is 0 Å². The second-order valence-corrected chi connectivity index (χ2v) is 9.61. The highest BCUT2D eigenvalue weighted by molar-refractivity contribution is 6.13. The van der Waals surface area contributed by atoms with Gasteiger partial charge in [-0.2, -0.15) is 0 Å². The molecule has 2 heteroatoms. The van der Waals surface area contributed by atoms with E-state index in [1.165, 1.54) is 11.1 Å². The van der Waals surface area contributed by atoms with E-state index in [0.29, 0.717) is 6.42 Å². The quantitative estimate of drug-likeness (QED) is 0.265. The molecule has 1 spiro atoms. The number of aryl methyl sites for hydroxylation is 1. The maximum Gasteiger partial charge on any atom is 0.211 e. The molecule has 1 heterocycles. The Morgan fingerprint density at radius 2 is 1.22 bits per heavy atom. The van der Waals surface area contributed by atoms with E-state index in [4.69, 9.17) is 4.74 Å². The molecule has 1 aliphatic heterocycles. The molecule has 1 atom stereocenters. The van der Waals surface area contributed by atoms with E-state index in [9.17, 15) is 4.79 Å². The molecule has 0 N–H and O–H groups in total. The Balaban J connectivity index is 1.43. The zero-order valence-corrected chi connectivity index (χ0v) is 19.8. The van der Waals surface area contributed by atoms with Crippen molar-refractivity contribution in [3.05, 3.63) is 144 Å². The van der Waals surface area contributed by atoms with Gasteiger partial charge in [0.2, 0.25) is 5.78 Å². The van der Waals surface area contributed by atoms with E-state index >= 15 is 0 Å². The fraction of sp³-hybridized carbons (Fsp3) is 0.0882. The number of hydrogen-bond acceptors (Lipinski definition) is 2. The van der Waals surface area contributed by atoms with Crippen molar-refractivity contribution in [2.45, 2.75) is 18.4 Å². The van der Waals surface area contributed by atoms with Crippen LogP contribution in [0.2, 0.25) is 0 Å². The molecule has 5 aromatic rings. The molecule has 2 nitrogen and oxygen atoms in total. The molecule has 36 heavy (non-hydrogen) atoms. The lowest BCUT2D eigenvalue weighted by molar-refractivity contribution is 0.0550. The normalized spacial score (nSPS) is 18.3. The van der Waals surface area contributed by atoms with Crippen LogP contribution in [0.3, 0.4) is 0 Å². The highest BCUT2D eigenvalue weighted by Gasteiger charge is 2.46. The fourth-order valence-corrected chi connectivity index (χ4v) is 5.76. The van der Waals surface area contributed by atoms with Crippen LogP contribution in [0.1, 0.15) is 33.5 Å². The molecule has 0 radical (unpaired) electrons. The number of Topliss-reactive ketones (excluding diaryl/α,β-unsaturated/α-hetero) is 1. The van der Waals surface area contributed by atoms with Gasteiger partial charge in [0.25, 0.3) is 0 Å². The first-order valence-corrected chi connectivity index (χ1v) is 12.5. The van der Waals surface area contributed by atoms with E-state index in [0.717, 1.165) is 50.8 Å². The van der Waals surface area contributed by atoms with Crippen molar-refractivity contribution in [1.29, 1.82) is 0 Å². The summed E-state index contributed by atoms with van der Waals surface area (Å²) in [7, 11) is 0. The van der Waals surface area contributed by atoms with Gasteiger partial charge in [-0.05, 0) is 57.3 Å². The molecule has 1 aliphatic carbocycles. The van der Waals surface area contributed by atoms with Crippen molar-refractivity contribution in [1.82, 2.24) is 0 Å². The lowest BCUT2D eigenvalue weighted by Crippen LogP contribution is -2.47. The van der Waals surface area contributed by atoms with Gasteiger partial charge in [-0.3, -0.25) is 4.79 Å². The predicted octanol–water partition coefficient (Wildman–Crippen LogP) is 7.90. The summed E-state index contributed by atoms with van der Waals surface area (Å²) < 4.78 is 6.86. The van der Waals surface area contributed by atoms with E-state index in [-0.39, 0.29) is 5.78 Å². The monoisotopic (exact) mass is 464 g/mol. The van der Waals surface area contributed by atoms with Crippen LogP contribution in [0.15, 0.2) is 121 Å². The first kappa shape index (κ1) is 20.9. The van der Waals surface area contributed by atoms with Crippen molar-refractivity contribution in [2.75, 3.05) is 0 Å². The largest absolute Gasteiger partial charge is 0.474 e. The van der Waals surface area contributed by atoms with Crippen LogP contribution < -0.4 is 4.74 Å². The van der Waals surface area contributed by atoms with Crippen LogP contribution in [-0.2, 0) is 6.42 Å². The minimum atomic E-state index is -1.02. The molecule has 172 valence electrons. The molecular formula is C34H24O2. The number of carbonyl (C=O) groups is 1. The Labute approximate surface area is 210 Å². The average molecular weight is 465 g/mol. The van der Waals surface area contributed by atoms with E-state index in [1.807, 2.05) is 54.6 Å². The summed E-state index contributed by atoms with van der Waals surface area (Å²) in [5, 5.41) is 2.18. The van der Waals surface area contributed by atoms with E-state index < -0.39 is 5.60 Å². The SMILES string of the molecule is O=C1c2ccccc2C(c2ccccc2)=CC12CCc1cc(-c3ccccc3)c3ccccc3c1O2. The zero-order chi connectivity index (χ0) is 24.1. The summed E-state index contributed by atoms with van der Waals surface area (Å²) in [6.45, 7) is 0. The molecule has 0 saturated carbocycles. The first-order valence-electron chi connectivity index (χ1n) is 12.5. The minimum Gasteiger partial charge on any atom is -0.474 e. The number of ether oxygens (including phenoxy) is 1.